The molecule has 148 valence electrons. The maximum absolute atomic E-state index is 11.9. The number of hydrogen-bond donors (Lipinski definition) is 2. The van der Waals surface area contributed by atoms with Crippen molar-refractivity contribution in [3.63, 3.8) is 0 Å². The average Bonchev–Trinajstić information content (AvgIpc) is 2.59. The van der Waals surface area contributed by atoms with E-state index < -0.39 is 12.0 Å². The molecule has 2 N–H and O–H groups in total. The molecule has 0 spiro atoms. The van der Waals surface area contributed by atoms with Crippen molar-refractivity contribution in [2.45, 2.75) is 117 Å². The molecular weight excluding hydrogens is 314 g/mol. The fraction of sp³-hybridized carbons (Fsp3) is 0.905. The summed E-state index contributed by atoms with van der Waals surface area (Å²) in [5.74, 6) is -1.10. The lowest BCUT2D eigenvalue weighted by atomic mass is 9.99. The van der Waals surface area contributed by atoms with Crippen LogP contribution in [0.2, 0.25) is 0 Å². The van der Waals surface area contributed by atoms with Crippen molar-refractivity contribution in [1.29, 1.82) is 0 Å². The standard InChI is InChI=1S/C21H41NO3/c1-4-6-7-8-9-10-11-12-13-14-15-16-17-19(23)22-20(21(24)25)18(3)5-2/h18,20H,4-17H2,1-3H3,(H,22,23)(H,24,25)/t18?,20-/m1/s1. The van der Waals surface area contributed by atoms with Crippen LogP contribution in [0.25, 0.3) is 0 Å². The lowest BCUT2D eigenvalue weighted by molar-refractivity contribution is -0.143. The van der Waals surface area contributed by atoms with Crippen molar-refractivity contribution in [3.8, 4) is 0 Å². The number of unbranched alkanes of at least 4 members (excludes halogenated alkanes) is 11. The quantitative estimate of drug-likeness (QED) is 0.329. The summed E-state index contributed by atoms with van der Waals surface area (Å²) in [6, 6.07) is -0.755. The minimum atomic E-state index is -0.933. The summed E-state index contributed by atoms with van der Waals surface area (Å²) in [6.45, 7) is 6.06. The monoisotopic (exact) mass is 355 g/mol. The Bertz CT molecular complexity index is 344. The van der Waals surface area contributed by atoms with Crippen LogP contribution >= 0.6 is 0 Å². The van der Waals surface area contributed by atoms with Gasteiger partial charge in [0.1, 0.15) is 6.04 Å². The molecule has 0 fully saturated rings. The van der Waals surface area contributed by atoms with Crippen molar-refractivity contribution in [3.05, 3.63) is 0 Å². The molecule has 2 atom stereocenters. The number of hydrogen-bond acceptors (Lipinski definition) is 2. The van der Waals surface area contributed by atoms with Crippen LogP contribution in [0.15, 0.2) is 0 Å². The van der Waals surface area contributed by atoms with E-state index in [4.69, 9.17) is 0 Å². The predicted octanol–water partition coefficient (Wildman–Crippen LogP) is 5.69. The number of carboxylic acid groups (broad SMARTS) is 1. The highest BCUT2D eigenvalue weighted by molar-refractivity contribution is 5.83. The Labute approximate surface area is 155 Å². The molecular formula is C21H41NO3. The summed E-state index contributed by atoms with van der Waals surface area (Å²) in [7, 11) is 0. The number of carbonyl (C=O) groups excluding carboxylic acids is 1. The maximum Gasteiger partial charge on any atom is 0.326 e. The Hall–Kier alpha value is -1.06. The van der Waals surface area contributed by atoms with Gasteiger partial charge in [-0.2, -0.15) is 0 Å². The molecule has 0 aliphatic heterocycles. The van der Waals surface area contributed by atoms with Gasteiger partial charge < -0.3 is 10.4 Å². The smallest absolute Gasteiger partial charge is 0.326 e. The largest absolute Gasteiger partial charge is 0.480 e. The van der Waals surface area contributed by atoms with Gasteiger partial charge in [0.2, 0.25) is 5.91 Å². The van der Waals surface area contributed by atoms with E-state index in [1.54, 1.807) is 0 Å². The Morgan fingerprint density at radius 2 is 1.24 bits per heavy atom. The first kappa shape index (κ1) is 23.9. The van der Waals surface area contributed by atoms with E-state index in [-0.39, 0.29) is 11.8 Å². The summed E-state index contributed by atoms with van der Waals surface area (Å²) in [4.78, 5) is 23.1. The third kappa shape index (κ3) is 13.9. The molecule has 4 heteroatoms. The Kier molecular flexibility index (Phi) is 15.7. The van der Waals surface area contributed by atoms with E-state index in [1.165, 1.54) is 64.2 Å². The third-order valence-electron chi connectivity index (χ3n) is 5.05. The van der Waals surface area contributed by atoms with E-state index in [1.807, 2.05) is 13.8 Å². The zero-order valence-corrected chi connectivity index (χ0v) is 16.8. The molecule has 0 aromatic carbocycles. The molecule has 0 heterocycles. The highest BCUT2D eigenvalue weighted by Crippen LogP contribution is 2.13. The van der Waals surface area contributed by atoms with Gasteiger partial charge in [0, 0.05) is 6.42 Å². The molecule has 1 amide bonds. The van der Waals surface area contributed by atoms with Crippen molar-refractivity contribution < 1.29 is 14.7 Å². The van der Waals surface area contributed by atoms with E-state index in [9.17, 15) is 14.7 Å². The summed E-state index contributed by atoms with van der Waals surface area (Å²) in [6.07, 6.45) is 16.4. The van der Waals surface area contributed by atoms with Gasteiger partial charge in [-0.1, -0.05) is 97.8 Å². The van der Waals surface area contributed by atoms with E-state index in [2.05, 4.69) is 12.2 Å². The van der Waals surface area contributed by atoms with Crippen LogP contribution in [0.1, 0.15) is 111 Å². The molecule has 0 saturated heterocycles. The minimum Gasteiger partial charge on any atom is -0.480 e. The number of rotatable bonds is 17. The van der Waals surface area contributed by atoms with Gasteiger partial charge in [0.05, 0.1) is 0 Å². The van der Waals surface area contributed by atoms with Gasteiger partial charge in [-0.15, -0.1) is 0 Å². The lowest BCUT2D eigenvalue weighted by Gasteiger charge is -2.20. The van der Waals surface area contributed by atoms with E-state index >= 15 is 0 Å². The van der Waals surface area contributed by atoms with Crippen LogP contribution in [0, 0.1) is 5.92 Å². The zero-order valence-electron chi connectivity index (χ0n) is 16.8. The molecule has 4 nitrogen and oxygen atoms in total. The first-order valence-corrected chi connectivity index (χ1v) is 10.5. The SMILES string of the molecule is CCCCCCCCCCCCCCC(=O)N[C@@H](C(=O)O)C(C)CC. The van der Waals surface area contributed by atoms with Crippen molar-refractivity contribution in [1.82, 2.24) is 5.32 Å². The number of amides is 1. The Balaban J connectivity index is 3.52. The van der Waals surface area contributed by atoms with Gasteiger partial charge in [-0.3, -0.25) is 4.79 Å². The Morgan fingerprint density at radius 1 is 0.800 bits per heavy atom. The van der Waals surface area contributed by atoms with Crippen LogP contribution in [0.4, 0.5) is 0 Å². The van der Waals surface area contributed by atoms with E-state index in [0.717, 1.165) is 19.3 Å². The van der Waals surface area contributed by atoms with E-state index in [0.29, 0.717) is 6.42 Å². The highest BCUT2D eigenvalue weighted by atomic mass is 16.4. The highest BCUT2D eigenvalue weighted by Gasteiger charge is 2.24. The second-order valence-electron chi connectivity index (χ2n) is 7.41. The average molecular weight is 356 g/mol. The summed E-state index contributed by atoms with van der Waals surface area (Å²) < 4.78 is 0. The molecule has 1 unspecified atom stereocenters. The minimum absolute atomic E-state index is 0.0385. The first-order valence-electron chi connectivity index (χ1n) is 10.5. The normalized spacial score (nSPS) is 13.4. The van der Waals surface area contributed by atoms with Crippen molar-refractivity contribution in [2.24, 2.45) is 5.92 Å². The number of aliphatic carboxylic acids is 1. The second kappa shape index (κ2) is 16.4. The van der Waals surface area contributed by atoms with Crippen molar-refractivity contribution >= 4 is 11.9 Å². The molecule has 25 heavy (non-hydrogen) atoms. The second-order valence-corrected chi connectivity index (χ2v) is 7.41. The summed E-state index contributed by atoms with van der Waals surface area (Å²) in [5.41, 5.74) is 0. The molecule has 0 aromatic heterocycles. The maximum atomic E-state index is 11.9. The van der Waals surface area contributed by atoms with Crippen LogP contribution in [-0.4, -0.2) is 23.0 Å². The topological polar surface area (TPSA) is 66.4 Å². The molecule has 0 radical (unpaired) electrons. The van der Waals surface area contributed by atoms with Crippen LogP contribution in [-0.2, 0) is 9.59 Å². The molecule has 0 aliphatic carbocycles. The molecule has 0 bridgehead atoms. The van der Waals surface area contributed by atoms with Gasteiger partial charge in [-0.05, 0) is 12.3 Å². The predicted molar refractivity (Wildman–Crippen MR) is 105 cm³/mol. The fourth-order valence-corrected chi connectivity index (χ4v) is 3.06. The van der Waals surface area contributed by atoms with Gasteiger partial charge in [0.15, 0.2) is 0 Å². The fourth-order valence-electron chi connectivity index (χ4n) is 3.06. The van der Waals surface area contributed by atoms with Gasteiger partial charge in [-0.25, -0.2) is 4.79 Å². The van der Waals surface area contributed by atoms with Gasteiger partial charge in [0.25, 0.3) is 0 Å². The first-order chi connectivity index (χ1) is 12.0. The molecule has 0 saturated carbocycles. The molecule has 0 aromatic rings. The number of carbonyl (C=O) groups is 2. The summed E-state index contributed by atoms with van der Waals surface area (Å²) in [5, 5.41) is 11.9. The zero-order chi connectivity index (χ0) is 18.9. The molecule has 0 aliphatic rings. The number of nitrogens with one attached hydrogen (secondary N) is 1. The summed E-state index contributed by atoms with van der Waals surface area (Å²) >= 11 is 0. The Morgan fingerprint density at radius 3 is 1.64 bits per heavy atom. The van der Waals surface area contributed by atoms with Crippen LogP contribution < -0.4 is 5.32 Å². The van der Waals surface area contributed by atoms with Crippen molar-refractivity contribution in [2.75, 3.05) is 0 Å². The van der Waals surface area contributed by atoms with Crippen LogP contribution in [0.3, 0.4) is 0 Å². The molecule has 0 rings (SSSR count). The lowest BCUT2D eigenvalue weighted by Crippen LogP contribution is -2.44. The number of carboxylic acids is 1. The van der Waals surface area contributed by atoms with Gasteiger partial charge >= 0.3 is 5.97 Å². The van der Waals surface area contributed by atoms with Crippen LogP contribution in [0.5, 0.6) is 0 Å². The third-order valence-corrected chi connectivity index (χ3v) is 5.05.